The Kier molecular flexibility index (Phi) is 6.62. The van der Waals surface area contributed by atoms with Gasteiger partial charge in [0.25, 0.3) is 11.7 Å². The standard InChI is InChI=1S/C23H28N2O5/c1-5-29-17-9-6-8-16(14-17)21(26)19-20(18-11-10-15(2)30-18)25(23(28)22(19)27)13-7-12-24(3)4/h6,8-11,14,20,26H,5,7,12-13H2,1-4H3/p+1/t20-/m1/s1. The molecule has 2 aromatic rings. The summed E-state index contributed by atoms with van der Waals surface area (Å²) in [6, 6.07) is 9.64. The number of hydrogen-bond donors (Lipinski definition) is 2. The van der Waals surface area contributed by atoms with Gasteiger partial charge in [-0.1, -0.05) is 12.1 Å². The Morgan fingerprint density at radius 2 is 2.00 bits per heavy atom. The van der Waals surface area contributed by atoms with Gasteiger partial charge in [0.1, 0.15) is 29.1 Å². The molecule has 1 aromatic heterocycles. The number of aryl methyl sites for hydroxylation is 1. The zero-order valence-electron chi connectivity index (χ0n) is 17.9. The molecule has 0 bridgehead atoms. The van der Waals surface area contributed by atoms with Gasteiger partial charge in [-0.15, -0.1) is 0 Å². The van der Waals surface area contributed by atoms with E-state index in [1.807, 2.05) is 21.0 Å². The van der Waals surface area contributed by atoms with Crippen molar-refractivity contribution < 1.29 is 28.7 Å². The van der Waals surface area contributed by atoms with Gasteiger partial charge in [0.05, 0.1) is 32.8 Å². The summed E-state index contributed by atoms with van der Waals surface area (Å²) >= 11 is 0. The van der Waals surface area contributed by atoms with E-state index >= 15 is 0 Å². The Morgan fingerprint density at radius 3 is 2.63 bits per heavy atom. The van der Waals surface area contributed by atoms with Gasteiger partial charge >= 0.3 is 0 Å². The number of carbonyl (C=O) groups excluding carboxylic acids is 2. The van der Waals surface area contributed by atoms with Crippen LogP contribution in [0.4, 0.5) is 0 Å². The van der Waals surface area contributed by atoms with Gasteiger partial charge in [-0.3, -0.25) is 9.59 Å². The second kappa shape index (κ2) is 9.17. The Labute approximate surface area is 176 Å². The monoisotopic (exact) mass is 413 g/mol. The van der Waals surface area contributed by atoms with Crippen LogP contribution in [-0.4, -0.2) is 55.5 Å². The third-order valence-corrected chi connectivity index (χ3v) is 5.06. The zero-order valence-corrected chi connectivity index (χ0v) is 17.9. The highest BCUT2D eigenvalue weighted by molar-refractivity contribution is 6.46. The van der Waals surface area contributed by atoms with Crippen LogP contribution >= 0.6 is 0 Å². The Bertz CT molecular complexity index is 960. The van der Waals surface area contributed by atoms with Crippen LogP contribution in [-0.2, 0) is 9.59 Å². The number of ketones is 1. The Morgan fingerprint density at radius 1 is 1.23 bits per heavy atom. The molecule has 2 N–H and O–H groups in total. The second-order valence-electron chi connectivity index (χ2n) is 7.71. The number of ether oxygens (including phenoxy) is 1. The van der Waals surface area contributed by atoms with Gasteiger partial charge in [0, 0.05) is 18.5 Å². The van der Waals surface area contributed by atoms with Crippen molar-refractivity contribution in [1.29, 1.82) is 0 Å². The lowest BCUT2D eigenvalue weighted by Gasteiger charge is -2.23. The molecular formula is C23H29N2O5+. The molecule has 1 aromatic carbocycles. The number of rotatable bonds is 8. The number of likely N-dealkylation sites (tertiary alicyclic amines) is 1. The summed E-state index contributed by atoms with van der Waals surface area (Å²) in [5.74, 6) is 0.166. The number of nitrogens with zero attached hydrogens (tertiary/aromatic N) is 1. The molecule has 30 heavy (non-hydrogen) atoms. The number of aliphatic hydroxyl groups is 1. The largest absolute Gasteiger partial charge is 0.507 e. The van der Waals surface area contributed by atoms with Gasteiger partial charge in [0.15, 0.2) is 0 Å². The van der Waals surface area contributed by atoms with E-state index in [-0.39, 0.29) is 11.3 Å². The van der Waals surface area contributed by atoms with E-state index in [1.54, 1.807) is 43.3 Å². The average molecular weight is 413 g/mol. The molecule has 0 spiro atoms. The van der Waals surface area contributed by atoms with Crippen LogP contribution in [0, 0.1) is 6.92 Å². The van der Waals surface area contributed by atoms with E-state index in [0.717, 1.165) is 13.0 Å². The lowest BCUT2D eigenvalue weighted by Crippen LogP contribution is -3.05. The molecule has 160 valence electrons. The maximum absolute atomic E-state index is 12.9. The summed E-state index contributed by atoms with van der Waals surface area (Å²) in [4.78, 5) is 28.5. The summed E-state index contributed by atoms with van der Waals surface area (Å²) in [7, 11) is 4.07. The van der Waals surface area contributed by atoms with Crippen LogP contribution < -0.4 is 9.64 Å². The quantitative estimate of drug-likeness (QED) is 0.393. The third-order valence-electron chi connectivity index (χ3n) is 5.06. The van der Waals surface area contributed by atoms with Crippen molar-refractivity contribution in [3.8, 4) is 5.75 Å². The Balaban J connectivity index is 2.06. The minimum Gasteiger partial charge on any atom is -0.507 e. The van der Waals surface area contributed by atoms with Gasteiger partial charge < -0.3 is 24.1 Å². The Hall–Kier alpha value is -3.06. The predicted molar refractivity (Wildman–Crippen MR) is 112 cm³/mol. The second-order valence-corrected chi connectivity index (χ2v) is 7.71. The van der Waals surface area contributed by atoms with Crippen LogP contribution in [0.5, 0.6) is 5.75 Å². The molecule has 1 fully saturated rings. The molecule has 7 nitrogen and oxygen atoms in total. The van der Waals surface area contributed by atoms with Crippen LogP contribution in [0.15, 0.2) is 46.4 Å². The molecule has 0 aliphatic carbocycles. The summed E-state index contributed by atoms with van der Waals surface area (Å²) < 4.78 is 11.3. The number of aliphatic hydroxyl groups excluding tert-OH is 1. The summed E-state index contributed by atoms with van der Waals surface area (Å²) in [5, 5.41) is 11.0. The van der Waals surface area contributed by atoms with E-state index in [4.69, 9.17) is 9.15 Å². The minimum atomic E-state index is -0.758. The molecule has 0 radical (unpaired) electrons. The van der Waals surface area contributed by atoms with Crippen molar-refractivity contribution in [3.63, 3.8) is 0 Å². The normalized spacial score (nSPS) is 18.4. The number of nitrogens with one attached hydrogen (secondary N) is 1. The first-order valence-corrected chi connectivity index (χ1v) is 10.2. The fourth-order valence-corrected chi connectivity index (χ4v) is 3.67. The predicted octanol–water partition coefficient (Wildman–Crippen LogP) is 1.94. The number of hydrogen-bond acceptors (Lipinski definition) is 5. The smallest absolute Gasteiger partial charge is 0.295 e. The maximum atomic E-state index is 12.9. The van der Waals surface area contributed by atoms with Gasteiger partial charge in [-0.2, -0.15) is 0 Å². The molecule has 1 amide bonds. The molecule has 1 saturated heterocycles. The van der Waals surface area contributed by atoms with E-state index in [1.165, 1.54) is 9.80 Å². The first-order chi connectivity index (χ1) is 14.3. The fraction of sp³-hybridized carbons (Fsp3) is 0.391. The number of quaternary nitrogens is 1. The van der Waals surface area contributed by atoms with E-state index < -0.39 is 17.7 Å². The minimum absolute atomic E-state index is 0.0419. The first-order valence-electron chi connectivity index (χ1n) is 10.2. The van der Waals surface area contributed by atoms with Crippen molar-refractivity contribution in [2.75, 3.05) is 33.8 Å². The third kappa shape index (κ3) is 4.41. The van der Waals surface area contributed by atoms with Crippen LogP contribution in [0.2, 0.25) is 0 Å². The highest BCUT2D eigenvalue weighted by atomic mass is 16.5. The van der Waals surface area contributed by atoms with Crippen LogP contribution in [0.25, 0.3) is 5.76 Å². The molecule has 0 unspecified atom stereocenters. The van der Waals surface area contributed by atoms with Crippen molar-refractivity contribution in [2.45, 2.75) is 26.3 Å². The lowest BCUT2D eigenvalue weighted by molar-refractivity contribution is -0.858. The number of carbonyl (C=O) groups is 2. The SMILES string of the molecule is CCOc1cccc(C(O)=C2C(=O)C(=O)N(CCC[NH+](C)C)[C@@H]2c2ccc(C)o2)c1. The average Bonchev–Trinajstić information content (AvgIpc) is 3.24. The molecule has 7 heteroatoms. The molecule has 1 aliphatic rings. The lowest BCUT2D eigenvalue weighted by atomic mass is 9.99. The molecule has 0 saturated carbocycles. The maximum Gasteiger partial charge on any atom is 0.295 e. The molecule has 2 heterocycles. The summed E-state index contributed by atoms with van der Waals surface area (Å²) in [6.45, 7) is 5.40. The highest BCUT2D eigenvalue weighted by Gasteiger charge is 2.47. The van der Waals surface area contributed by atoms with E-state index in [9.17, 15) is 14.7 Å². The van der Waals surface area contributed by atoms with Crippen LogP contribution in [0.1, 0.15) is 36.5 Å². The summed E-state index contributed by atoms with van der Waals surface area (Å²) in [5.41, 5.74) is 0.463. The van der Waals surface area contributed by atoms with Gasteiger partial charge in [-0.25, -0.2) is 0 Å². The number of amides is 1. The molecular weight excluding hydrogens is 384 g/mol. The molecule has 3 rings (SSSR count). The van der Waals surface area contributed by atoms with Crippen molar-refractivity contribution in [1.82, 2.24) is 4.90 Å². The first kappa shape index (κ1) is 21.6. The zero-order chi connectivity index (χ0) is 21.8. The van der Waals surface area contributed by atoms with Crippen molar-refractivity contribution in [2.24, 2.45) is 0 Å². The molecule has 1 aliphatic heterocycles. The molecule has 1 atom stereocenters. The summed E-state index contributed by atoms with van der Waals surface area (Å²) in [6.07, 6.45) is 0.728. The van der Waals surface area contributed by atoms with Gasteiger partial charge in [0.2, 0.25) is 0 Å². The topological polar surface area (TPSA) is 84.4 Å². The van der Waals surface area contributed by atoms with Crippen molar-refractivity contribution in [3.05, 3.63) is 59.1 Å². The number of benzene rings is 1. The van der Waals surface area contributed by atoms with Crippen molar-refractivity contribution >= 4 is 17.4 Å². The number of Topliss-reactive ketones (excluding diaryl/α,β-unsaturated/α-hetero) is 1. The van der Waals surface area contributed by atoms with E-state index in [0.29, 0.717) is 36.0 Å². The number of furan rings is 1. The highest BCUT2D eigenvalue weighted by Crippen LogP contribution is 2.40. The van der Waals surface area contributed by atoms with Gasteiger partial charge in [-0.05, 0) is 38.1 Å². The van der Waals surface area contributed by atoms with Crippen LogP contribution in [0.3, 0.4) is 0 Å². The fourth-order valence-electron chi connectivity index (χ4n) is 3.67. The van der Waals surface area contributed by atoms with E-state index in [2.05, 4.69) is 0 Å².